The Balaban J connectivity index is 0.865. The molecule has 0 aromatic rings. The van der Waals surface area contributed by atoms with Crippen molar-refractivity contribution in [1.29, 1.82) is 0 Å². The molecule has 10 rings (SSSR count). The van der Waals surface area contributed by atoms with E-state index < -0.39 is 136 Å². The van der Waals surface area contributed by atoms with Crippen molar-refractivity contribution in [1.82, 2.24) is 5.32 Å². The monoisotopic (exact) mass is 1000 g/mol. The summed E-state index contributed by atoms with van der Waals surface area (Å²) in [5, 5.41) is 112. The Hall–Kier alpha value is -1.06. The predicted molar refractivity (Wildman–Crippen MR) is 241 cm³/mol. The Morgan fingerprint density at radius 2 is 1.31 bits per heavy atom. The minimum Gasteiger partial charge on any atom is -0.394 e. The van der Waals surface area contributed by atoms with Gasteiger partial charge in [-0.2, -0.15) is 0 Å². The molecule has 0 unspecified atom stereocenters. The molecule has 400 valence electrons. The van der Waals surface area contributed by atoms with Gasteiger partial charge < -0.3 is 93.7 Å². The van der Waals surface area contributed by atoms with Crippen molar-refractivity contribution >= 4 is 0 Å². The lowest BCUT2D eigenvalue weighted by Gasteiger charge is -2.59. The molecule has 6 aliphatic heterocycles. The fourth-order valence-corrected chi connectivity index (χ4v) is 15.3. The minimum atomic E-state index is -1.78. The first-order chi connectivity index (χ1) is 33.2. The Kier molecular flexibility index (Phi) is 14.8. The van der Waals surface area contributed by atoms with E-state index in [1.807, 2.05) is 0 Å². The molecule has 30 atom stereocenters. The zero-order valence-electron chi connectivity index (χ0n) is 41.3. The third-order valence-electron chi connectivity index (χ3n) is 19.6. The molecule has 70 heavy (non-hydrogen) atoms. The lowest BCUT2D eigenvalue weighted by molar-refractivity contribution is -0.397. The maximum Gasteiger partial charge on any atom is 0.187 e. The molecule has 0 amide bonds. The van der Waals surface area contributed by atoms with E-state index >= 15 is 0 Å². The standard InChI is InChI=1S/C50H81NO19/c1-20-9-14-50(51-17-20)21(2)32-30(70-50)16-28-26-8-7-24-15-25(10-12-48(24,5)27(26)11-13-49(28,32)6)65-47-43(69-45-39(60)36(57)33(54)22(3)63-45)40(61)41(31(18-52)66-47)67-46-42(37(58)34(55)23(4)64-46)68-44-38(59)35(56)29(53)19-62-44/h7,20-23,25-47,51-61H,8-19H2,1-6H3/t20-,21-,22+,23-,25-,26+,27+,28+,29+,30-,31-,32-,33+,34-,35-,36-,37+,38+,39-,40+,41+,42+,43-,44-,45+,46-,47-,48-,49-,50-/m0/s1. The lowest BCUT2D eigenvalue weighted by atomic mass is 9.47. The second-order valence-corrected chi connectivity index (χ2v) is 23.6. The van der Waals surface area contributed by atoms with E-state index in [0.29, 0.717) is 48.3 Å². The third-order valence-corrected chi connectivity index (χ3v) is 19.6. The minimum absolute atomic E-state index is 0.0520. The van der Waals surface area contributed by atoms with Gasteiger partial charge >= 0.3 is 0 Å². The Labute approximate surface area is 409 Å². The number of fused-ring (bicyclic) bond motifs is 7. The molecular formula is C50H81NO19. The molecule has 20 nitrogen and oxygen atoms in total. The van der Waals surface area contributed by atoms with Gasteiger partial charge in [0.2, 0.25) is 0 Å². The molecule has 10 aliphatic rings. The molecule has 0 aromatic carbocycles. The van der Waals surface area contributed by atoms with Crippen LogP contribution in [0.3, 0.4) is 0 Å². The second kappa shape index (κ2) is 19.8. The normalized spacial score (nSPS) is 58.0. The van der Waals surface area contributed by atoms with Crippen molar-refractivity contribution in [3.63, 3.8) is 0 Å². The van der Waals surface area contributed by atoms with E-state index in [4.69, 9.17) is 42.6 Å². The average molecular weight is 1000 g/mol. The van der Waals surface area contributed by atoms with Gasteiger partial charge in [-0.3, -0.25) is 5.32 Å². The number of hydrogen-bond donors (Lipinski definition) is 11. The Morgan fingerprint density at radius 3 is 2.03 bits per heavy atom. The van der Waals surface area contributed by atoms with Gasteiger partial charge in [0.05, 0.1) is 37.6 Å². The zero-order chi connectivity index (χ0) is 49.9. The van der Waals surface area contributed by atoms with Crippen LogP contribution in [0.5, 0.6) is 0 Å². The van der Waals surface area contributed by atoms with Crippen LogP contribution < -0.4 is 5.32 Å². The van der Waals surface area contributed by atoms with Crippen LogP contribution in [-0.4, -0.2) is 205 Å². The summed E-state index contributed by atoms with van der Waals surface area (Å²) in [4.78, 5) is 0. The van der Waals surface area contributed by atoms with Crippen molar-refractivity contribution in [2.24, 2.45) is 46.3 Å². The summed E-state index contributed by atoms with van der Waals surface area (Å²) < 4.78 is 55.9. The molecule has 6 heterocycles. The number of aliphatic hydroxyl groups is 10. The lowest BCUT2D eigenvalue weighted by Crippen LogP contribution is -2.67. The van der Waals surface area contributed by atoms with E-state index in [1.54, 1.807) is 0 Å². The quantitative estimate of drug-likeness (QED) is 0.127. The van der Waals surface area contributed by atoms with Crippen LogP contribution in [0.4, 0.5) is 0 Å². The average Bonchev–Trinajstić information content (AvgIpc) is 3.78. The summed E-state index contributed by atoms with van der Waals surface area (Å²) in [5.41, 5.74) is 1.27. The first kappa shape index (κ1) is 52.4. The summed E-state index contributed by atoms with van der Waals surface area (Å²) in [6.07, 6.45) is -18.0. The first-order valence-corrected chi connectivity index (χ1v) is 26.2. The highest BCUT2D eigenvalue weighted by Crippen LogP contribution is 2.70. The summed E-state index contributed by atoms with van der Waals surface area (Å²) in [6.45, 7) is 12.5. The number of ether oxygens (including phenoxy) is 9. The number of hydrogen-bond acceptors (Lipinski definition) is 20. The SMILES string of the molecule is C[C@H]1CC[C@]2(NC1)O[C@H]1C[C@@H]3[C@@H]4CC=C5C[C@@H](O[C@H]6O[C@@H](CO)[C@@H](O[C@@H]7O[C@@H](C)[C@H](O)[C@@H](O)[C@H]7O[C@@H]7OC[C@@H](O)[C@H](O)[C@H]7O)[C@@H](O)[C@@H]6O[C@H]6O[C@H](C)[C@@H](O)[C@H](O)[C@@H]6O)CC[C@]5(C)[C@@H]4CC[C@]3(C)[C@H]1[C@@H]2C. The van der Waals surface area contributed by atoms with Crippen LogP contribution in [0.1, 0.15) is 99.3 Å². The van der Waals surface area contributed by atoms with Crippen LogP contribution in [0.2, 0.25) is 0 Å². The highest BCUT2D eigenvalue weighted by Gasteiger charge is 2.68. The van der Waals surface area contributed by atoms with Crippen LogP contribution in [0.15, 0.2) is 11.6 Å². The van der Waals surface area contributed by atoms with Crippen molar-refractivity contribution in [2.45, 2.75) is 234 Å². The largest absolute Gasteiger partial charge is 0.394 e. The molecule has 4 aliphatic carbocycles. The van der Waals surface area contributed by atoms with Gasteiger partial charge in [0.25, 0.3) is 0 Å². The summed E-state index contributed by atoms with van der Waals surface area (Å²) >= 11 is 0. The van der Waals surface area contributed by atoms with Crippen LogP contribution in [0.25, 0.3) is 0 Å². The fraction of sp³-hybridized carbons (Fsp3) is 0.960. The number of aliphatic hydroxyl groups excluding tert-OH is 10. The molecule has 11 N–H and O–H groups in total. The summed E-state index contributed by atoms with van der Waals surface area (Å²) in [6, 6.07) is 0. The topological polar surface area (TPSA) is 297 Å². The summed E-state index contributed by atoms with van der Waals surface area (Å²) in [7, 11) is 0. The Morgan fingerprint density at radius 1 is 0.657 bits per heavy atom. The van der Waals surface area contributed by atoms with Crippen molar-refractivity contribution in [2.75, 3.05) is 19.8 Å². The molecule has 3 saturated carbocycles. The number of rotatable bonds is 9. The number of nitrogens with one attached hydrogen (secondary N) is 1. The van der Waals surface area contributed by atoms with Gasteiger partial charge in [-0.1, -0.05) is 39.3 Å². The summed E-state index contributed by atoms with van der Waals surface area (Å²) in [5.74, 6) is 3.25. The molecule has 0 aromatic heterocycles. The van der Waals surface area contributed by atoms with Crippen LogP contribution in [-0.2, 0) is 42.6 Å². The van der Waals surface area contributed by atoms with Gasteiger partial charge in [0.1, 0.15) is 85.1 Å². The van der Waals surface area contributed by atoms with E-state index in [0.717, 1.165) is 38.6 Å². The van der Waals surface area contributed by atoms with Gasteiger partial charge in [-0.25, -0.2) is 0 Å². The van der Waals surface area contributed by atoms with Crippen molar-refractivity contribution in [3.8, 4) is 0 Å². The molecule has 20 heteroatoms. The molecule has 6 saturated heterocycles. The van der Waals surface area contributed by atoms with Gasteiger partial charge in [0, 0.05) is 12.5 Å². The molecule has 0 radical (unpaired) electrons. The second-order valence-electron chi connectivity index (χ2n) is 23.6. The van der Waals surface area contributed by atoms with Crippen molar-refractivity contribution < 1.29 is 93.7 Å². The number of allylic oxidation sites excluding steroid dienone is 1. The molecule has 9 fully saturated rings. The van der Waals surface area contributed by atoms with E-state index in [9.17, 15) is 51.1 Å². The fourth-order valence-electron chi connectivity index (χ4n) is 15.3. The first-order valence-electron chi connectivity index (χ1n) is 26.2. The van der Waals surface area contributed by atoms with Crippen molar-refractivity contribution in [3.05, 3.63) is 11.6 Å². The highest BCUT2D eigenvalue weighted by atomic mass is 16.8. The predicted octanol–water partition coefficient (Wildman–Crippen LogP) is -0.722. The molecule has 0 bridgehead atoms. The van der Waals surface area contributed by atoms with Crippen LogP contribution in [0, 0.1) is 46.3 Å². The van der Waals surface area contributed by atoms with Crippen LogP contribution >= 0.6 is 0 Å². The molecular weight excluding hydrogens is 919 g/mol. The van der Waals surface area contributed by atoms with E-state index in [-0.39, 0.29) is 22.7 Å². The maximum atomic E-state index is 12.3. The van der Waals surface area contributed by atoms with Gasteiger partial charge in [0.15, 0.2) is 25.2 Å². The van der Waals surface area contributed by atoms with E-state index in [2.05, 4.69) is 39.1 Å². The molecule has 1 spiro atoms. The third kappa shape index (κ3) is 8.79. The highest BCUT2D eigenvalue weighted by molar-refractivity contribution is 5.27. The zero-order valence-corrected chi connectivity index (χ0v) is 41.3. The van der Waals surface area contributed by atoms with Gasteiger partial charge in [-0.05, 0) is 112 Å². The Bertz CT molecular complexity index is 1860. The number of piperidine rings is 1. The maximum absolute atomic E-state index is 12.3. The smallest absolute Gasteiger partial charge is 0.187 e. The van der Waals surface area contributed by atoms with E-state index in [1.165, 1.54) is 32.3 Å². The van der Waals surface area contributed by atoms with Gasteiger partial charge in [-0.15, -0.1) is 0 Å².